The highest BCUT2D eigenvalue weighted by atomic mass is 16.7. The third kappa shape index (κ3) is 5.90. The summed E-state index contributed by atoms with van der Waals surface area (Å²) in [5, 5.41) is 25.5. The maximum Gasteiger partial charge on any atom is 0.509 e. The number of benzene rings is 1. The molecular weight excluding hydrogens is 600 g/mol. The van der Waals surface area contributed by atoms with Crippen LogP contribution in [0.25, 0.3) is 0 Å². The van der Waals surface area contributed by atoms with Crippen LogP contribution in [0, 0.1) is 0 Å². The van der Waals surface area contributed by atoms with Gasteiger partial charge in [0.2, 0.25) is 0 Å². The lowest BCUT2D eigenvalue weighted by molar-refractivity contribution is -0.170. The van der Waals surface area contributed by atoms with Crippen molar-refractivity contribution in [3.63, 3.8) is 0 Å². The molecule has 1 aromatic carbocycles. The molecule has 46 heavy (non-hydrogen) atoms. The van der Waals surface area contributed by atoms with Crippen molar-refractivity contribution in [2.45, 2.75) is 121 Å². The molecule has 1 saturated heterocycles. The molecule has 0 unspecified atom stereocenters. The van der Waals surface area contributed by atoms with E-state index >= 15 is 0 Å². The number of amides is 1. The summed E-state index contributed by atoms with van der Waals surface area (Å²) in [6.45, 7) is 11.8. The van der Waals surface area contributed by atoms with Gasteiger partial charge in [0.1, 0.15) is 23.0 Å². The van der Waals surface area contributed by atoms with Crippen molar-refractivity contribution >= 4 is 24.0 Å². The van der Waals surface area contributed by atoms with Crippen LogP contribution >= 0.6 is 0 Å². The Morgan fingerprint density at radius 2 is 1.78 bits per heavy atom. The zero-order valence-corrected chi connectivity index (χ0v) is 27.6. The lowest BCUT2D eigenvalue weighted by Crippen LogP contribution is -2.74. The van der Waals surface area contributed by atoms with Gasteiger partial charge in [-0.05, 0) is 92.6 Å². The average molecular weight is 645 g/mol. The lowest BCUT2D eigenvalue weighted by atomic mass is 9.50. The molecule has 2 bridgehead atoms. The van der Waals surface area contributed by atoms with Gasteiger partial charge >= 0.3 is 18.1 Å². The third-order valence-corrected chi connectivity index (χ3v) is 9.00. The number of esters is 2. The van der Waals surface area contributed by atoms with Crippen LogP contribution in [-0.4, -0.2) is 93.8 Å². The Labute approximate surface area is 268 Å². The van der Waals surface area contributed by atoms with Gasteiger partial charge in [0.25, 0.3) is 5.91 Å². The monoisotopic (exact) mass is 644 g/mol. The molecule has 5 rings (SSSR count). The highest BCUT2D eigenvalue weighted by Crippen LogP contribution is 2.65. The van der Waals surface area contributed by atoms with Crippen LogP contribution in [0.5, 0.6) is 11.5 Å². The topological polar surface area (TPSA) is 170 Å². The van der Waals surface area contributed by atoms with Crippen LogP contribution in [0.2, 0.25) is 0 Å². The largest absolute Gasteiger partial charge is 0.509 e. The second kappa shape index (κ2) is 11.4. The number of likely N-dealkylation sites (N-methyl/N-ethyl adjacent to an activating group) is 1. The van der Waals surface area contributed by atoms with Gasteiger partial charge in [-0.2, -0.15) is 0 Å². The molecule has 2 aliphatic heterocycles. The molecule has 252 valence electrons. The molecule has 1 fully saturated rings. The van der Waals surface area contributed by atoms with Crippen molar-refractivity contribution in [3.05, 3.63) is 35.1 Å². The van der Waals surface area contributed by atoms with Crippen LogP contribution in [0.4, 0.5) is 4.79 Å². The number of rotatable bonds is 7. The van der Waals surface area contributed by atoms with E-state index in [4.69, 9.17) is 23.7 Å². The fraction of sp³-hybridized carbons (Fsp3) is 0.636. The zero-order chi connectivity index (χ0) is 34.0. The van der Waals surface area contributed by atoms with Crippen molar-refractivity contribution < 1.29 is 53.1 Å². The van der Waals surface area contributed by atoms with E-state index < -0.39 is 70.9 Å². The summed E-state index contributed by atoms with van der Waals surface area (Å²) in [6.07, 6.45) is -1.10. The number of carbonyl (C=O) groups is 4. The van der Waals surface area contributed by atoms with Crippen molar-refractivity contribution in [1.29, 1.82) is 0 Å². The first-order chi connectivity index (χ1) is 21.3. The minimum absolute atomic E-state index is 0.0663. The predicted octanol–water partition coefficient (Wildman–Crippen LogP) is 2.77. The normalized spacial score (nSPS) is 27.6. The van der Waals surface area contributed by atoms with Crippen molar-refractivity contribution in [2.24, 2.45) is 0 Å². The fourth-order valence-corrected chi connectivity index (χ4v) is 7.10. The Morgan fingerprint density at radius 1 is 1.11 bits per heavy atom. The first-order valence-electron chi connectivity index (χ1n) is 15.5. The number of piperidine rings is 1. The van der Waals surface area contributed by atoms with E-state index in [-0.39, 0.29) is 29.7 Å². The summed E-state index contributed by atoms with van der Waals surface area (Å²) in [7, 11) is 1.97. The minimum atomic E-state index is -1.48. The number of nitrogens with zero attached hydrogens (tertiary/aromatic N) is 1. The molecule has 3 N–H and O–H groups in total. The van der Waals surface area contributed by atoms with Crippen molar-refractivity contribution in [1.82, 2.24) is 10.2 Å². The second-order valence-corrected chi connectivity index (χ2v) is 14.6. The zero-order valence-electron chi connectivity index (χ0n) is 27.6. The average Bonchev–Trinajstić information content (AvgIpc) is 3.27. The molecule has 0 radical (unpaired) electrons. The molecule has 0 aromatic heterocycles. The van der Waals surface area contributed by atoms with Crippen LogP contribution in [-0.2, 0) is 45.2 Å². The van der Waals surface area contributed by atoms with Crippen LogP contribution in [0.3, 0.4) is 0 Å². The maximum absolute atomic E-state index is 13.5. The van der Waals surface area contributed by atoms with Gasteiger partial charge in [-0.25, -0.2) is 9.59 Å². The van der Waals surface area contributed by atoms with E-state index in [0.717, 1.165) is 11.1 Å². The van der Waals surface area contributed by atoms with Crippen molar-refractivity contribution in [3.8, 4) is 11.5 Å². The number of carbonyl (C=O) groups excluding carboxylic acids is 4. The van der Waals surface area contributed by atoms with E-state index in [1.165, 1.54) is 6.92 Å². The summed E-state index contributed by atoms with van der Waals surface area (Å²) in [4.78, 5) is 53.8. The maximum atomic E-state index is 13.5. The summed E-state index contributed by atoms with van der Waals surface area (Å²) >= 11 is 0. The molecule has 4 aliphatic rings. The van der Waals surface area contributed by atoms with Gasteiger partial charge in [0.05, 0.1) is 17.4 Å². The summed E-state index contributed by atoms with van der Waals surface area (Å²) in [6, 6.07) is 1.71. The summed E-state index contributed by atoms with van der Waals surface area (Å²) < 4.78 is 27.8. The number of aromatic hydroxyl groups is 1. The number of nitrogens with one attached hydrogen (secondary N) is 1. The van der Waals surface area contributed by atoms with Crippen LogP contribution in [0.15, 0.2) is 24.0 Å². The predicted molar refractivity (Wildman–Crippen MR) is 162 cm³/mol. The second-order valence-electron chi connectivity index (χ2n) is 14.6. The number of hydrogen-bond acceptors (Lipinski definition) is 12. The Hall–Kier alpha value is -3.84. The highest BCUT2D eigenvalue weighted by molar-refractivity contribution is 5.90. The quantitative estimate of drug-likeness (QED) is 0.294. The molecular formula is C33H44N2O11. The SMILES string of the molecule is C[C@H](OC(=O)OC(C)(C)C)C(=O)N[C@@H](CC(=O)OC1=CC[C@@]2(O)[C@@H]3Cc4ccc(O)c5c4[C@@]2(CCN3C)[C@H]1O5)C(=O)OC(C)(C)C. The van der Waals surface area contributed by atoms with E-state index in [9.17, 15) is 29.4 Å². The molecule has 13 heteroatoms. The number of hydrogen-bond donors (Lipinski definition) is 3. The number of aliphatic hydroxyl groups is 1. The molecule has 1 spiro atoms. The van der Waals surface area contributed by atoms with E-state index in [2.05, 4.69) is 10.2 Å². The molecule has 1 aromatic rings. The minimum Gasteiger partial charge on any atom is -0.504 e. The van der Waals surface area contributed by atoms with Gasteiger partial charge in [-0.15, -0.1) is 0 Å². The first-order valence-corrected chi connectivity index (χ1v) is 15.5. The highest BCUT2D eigenvalue weighted by Gasteiger charge is 2.72. The van der Waals surface area contributed by atoms with E-state index in [0.29, 0.717) is 19.4 Å². The Kier molecular flexibility index (Phi) is 8.34. The third-order valence-electron chi connectivity index (χ3n) is 9.00. The Bertz CT molecular complexity index is 1470. The number of ether oxygens (including phenoxy) is 5. The molecule has 13 nitrogen and oxygen atoms in total. The van der Waals surface area contributed by atoms with Gasteiger partial charge < -0.3 is 44.1 Å². The lowest BCUT2D eigenvalue weighted by Gasteiger charge is -2.61. The first kappa shape index (κ1) is 33.5. The van der Waals surface area contributed by atoms with Crippen LogP contribution < -0.4 is 10.1 Å². The van der Waals surface area contributed by atoms with Crippen LogP contribution in [0.1, 0.15) is 78.9 Å². The number of phenolic OH excluding ortho intramolecular Hbond substituents is 1. The standard InChI is InChI=1S/C33H44N2O11/c1-17(42-29(40)46-31(5,6)7)27(38)34-19(28(39)45-30(2,3)4)16-23(37)43-21-11-12-33(41)22-15-18-9-10-20(36)25-24(18)32(33,26(21)44-25)13-14-35(22)8/h9-11,17,19,22,26,36,41H,12-16H2,1-8H3,(H,34,38)/t17-,19-,22-,26-,32-,33+/m0/s1. The summed E-state index contributed by atoms with van der Waals surface area (Å²) in [5.41, 5.74) is -2.31. The Morgan fingerprint density at radius 3 is 2.43 bits per heavy atom. The molecule has 1 amide bonds. The van der Waals surface area contributed by atoms with Gasteiger partial charge in [0, 0.05) is 18.0 Å². The molecule has 0 saturated carbocycles. The van der Waals surface area contributed by atoms with Crippen molar-refractivity contribution in [2.75, 3.05) is 13.6 Å². The fourth-order valence-electron chi connectivity index (χ4n) is 7.10. The van der Waals surface area contributed by atoms with Gasteiger partial charge in [-0.3, -0.25) is 9.59 Å². The number of likely N-dealkylation sites (tertiary alicyclic amines) is 1. The smallest absolute Gasteiger partial charge is 0.504 e. The van der Waals surface area contributed by atoms with Gasteiger partial charge in [-0.1, -0.05) is 6.07 Å². The Balaban J connectivity index is 1.36. The van der Waals surface area contributed by atoms with E-state index in [1.54, 1.807) is 53.7 Å². The summed E-state index contributed by atoms with van der Waals surface area (Å²) in [5.74, 6) is -2.26. The van der Waals surface area contributed by atoms with E-state index in [1.807, 2.05) is 13.1 Å². The molecule has 2 heterocycles. The molecule has 2 aliphatic carbocycles. The molecule has 6 atom stereocenters. The number of phenols is 1. The van der Waals surface area contributed by atoms with Gasteiger partial charge in [0.15, 0.2) is 23.7 Å².